The number of aryl methyl sites for hydroxylation is 2. The van der Waals surface area contributed by atoms with Gasteiger partial charge in [-0.15, -0.1) is 11.3 Å². The lowest BCUT2D eigenvalue weighted by Crippen LogP contribution is -2.23. The molecule has 0 unspecified atom stereocenters. The Morgan fingerprint density at radius 3 is 2.74 bits per heavy atom. The Kier molecular flexibility index (Phi) is 5.59. The molecule has 0 aliphatic rings. The highest BCUT2D eigenvalue weighted by molar-refractivity contribution is 7.17. The van der Waals surface area contributed by atoms with Crippen LogP contribution in [0.2, 0.25) is 0 Å². The second kappa shape index (κ2) is 8.49. The zero-order valence-corrected chi connectivity index (χ0v) is 17.4. The first-order valence-electron chi connectivity index (χ1n) is 9.50. The Bertz CT molecular complexity index is 1340. The number of non-ortho nitro benzene ring substituents is 1. The summed E-state index contributed by atoms with van der Waals surface area (Å²) in [5, 5.41) is 15.9. The number of hydrogen-bond donors (Lipinski definition) is 1. The van der Waals surface area contributed by atoms with E-state index >= 15 is 0 Å². The van der Waals surface area contributed by atoms with Crippen LogP contribution in [0, 0.1) is 17.0 Å². The lowest BCUT2D eigenvalue weighted by molar-refractivity contribution is -0.384. The lowest BCUT2D eigenvalue weighted by atomic mass is 10.1. The summed E-state index contributed by atoms with van der Waals surface area (Å²) in [5.74, 6) is -0.350. The fourth-order valence-electron chi connectivity index (χ4n) is 3.22. The van der Waals surface area contributed by atoms with Crippen LogP contribution in [-0.4, -0.2) is 20.4 Å². The number of carbonyl (C=O) groups is 1. The van der Waals surface area contributed by atoms with Gasteiger partial charge in [-0.1, -0.05) is 35.9 Å². The van der Waals surface area contributed by atoms with Gasteiger partial charge in [0.15, 0.2) is 0 Å². The molecule has 0 aliphatic heterocycles. The average molecular weight is 434 g/mol. The molecular formula is C22H18N4O4S. The summed E-state index contributed by atoms with van der Waals surface area (Å²) in [7, 11) is 0. The molecule has 2 aromatic carbocycles. The molecule has 2 heterocycles. The van der Waals surface area contributed by atoms with Crippen molar-refractivity contribution in [3.63, 3.8) is 0 Å². The maximum Gasteiger partial charge on any atom is 0.271 e. The Morgan fingerprint density at radius 2 is 2.00 bits per heavy atom. The number of thiophene rings is 1. The van der Waals surface area contributed by atoms with E-state index in [4.69, 9.17) is 0 Å². The Labute approximate surface area is 181 Å². The van der Waals surface area contributed by atoms with E-state index in [0.29, 0.717) is 15.9 Å². The first-order chi connectivity index (χ1) is 14.9. The minimum Gasteiger partial charge on any atom is -0.326 e. The number of nitro benzene ring substituents is 1. The van der Waals surface area contributed by atoms with Gasteiger partial charge in [0.2, 0.25) is 5.91 Å². The molecule has 31 heavy (non-hydrogen) atoms. The highest BCUT2D eigenvalue weighted by Crippen LogP contribution is 2.30. The van der Waals surface area contributed by atoms with E-state index in [-0.39, 0.29) is 30.1 Å². The summed E-state index contributed by atoms with van der Waals surface area (Å²) in [6, 6.07) is 13.6. The zero-order chi connectivity index (χ0) is 22.0. The monoisotopic (exact) mass is 434 g/mol. The Morgan fingerprint density at radius 1 is 1.23 bits per heavy atom. The lowest BCUT2D eigenvalue weighted by Gasteiger charge is -2.08. The van der Waals surface area contributed by atoms with Crippen molar-refractivity contribution in [2.45, 2.75) is 19.9 Å². The van der Waals surface area contributed by atoms with Crippen molar-refractivity contribution in [1.82, 2.24) is 9.55 Å². The summed E-state index contributed by atoms with van der Waals surface area (Å²) in [6.45, 7) is 2.15. The van der Waals surface area contributed by atoms with E-state index in [1.54, 1.807) is 6.07 Å². The molecule has 0 spiro atoms. The first-order valence-corrected chi connectivity index (χ1v) is 10.4. The number of nitrogens with one attached hydrogen (secondary N) is 1. The summed E-state index contributed by atoms with van der Waals surface area (Å²) in [5.41, 5.74) is 2.92. The maximum atomic E-state index is 13.1. The molecule has 9 heteroatoms. The van der Waals surface area contributed by atoms with Gasteiger partial charge in [-0.05, 0) is 18.6 Å². The number of benzene rings is 2. The van der Waals surface area contributed by atoms with Crippen molar-refractivity contribution in [3.8, 4) is 11.1 Å². The second-order valence-corrected chi connectivity index (χ2v) is 7.90. The van der Waals surface area contributed by atoms with Gasteiger partial charge in [-0.2, -0.15) is 0 Å². The van der Waals surface area contributed by atoms with Crippen LogP contribution in [-0.2, 0) is 11.3 Å². The van der Waals surface area contributed by atoms with Gasteiger partial charge in [0.1, 0.15) is 4.83 Å². The van der Waals surface area contributed by atoms with Gasteiger partial charge < -0.3 is 5.32 Å². The van der Waals surface area contributed by atoms with Crippen molar-refractivity contribution in [3.05, 3.63) is 86.3 Å². The maximum absolute atomic E-state index is 13.1. The number of anilines is 1. The second-order valence-electron chi connectivity index (χ2n) is 7.04. The number of hydrogen-bond acceptors (Lipinski definition) is 6. The van der Waals surface area contributed by atoms with Gasteiger partial charge in [0, 0.05) is 41.7 Å². The van der Waals surface area contributed by atoms with E-state index in [0.717, 1.165) is 16.7 Å². The standard InChI is InChI=1S/C22H18N4O4S/c1-14-5-7-15(8-6-14)18-12-31-21-20(18)22(28)25(13-23-21)10-9-19(27)24-16-3-2-4-17(11-16)26(29)30/h2-8,11-13H,9-10H2,1H3,(H,24,27). The molecular weight excluding hydrogens is 416 g/mol. The van der Waals surface area contributed by atoms with Gasteiger partial charge in [-0.3, -0.25) is 24.3 Å². The van der Waals surface area contributed by atoms with Gasteiger partial charge in [0.25, 0.3) is 11.2 Å². The highest BCUT2D eigenvalue weighted by Gasteiger charge is 2.14. The van der Waals surface area contributed by atoms with Gasteiger partial charge >= 0.3 is 0 Å². The summed E-state index contributed by atoms with van der Waals surface area (Å²) >= 11 is 1.41. The molecule has 4 rings (SSSR count). The van der Waals surface area contributed by atoms with E-state index in [2.05, 4.69) is 10.3 Å². The predicted octanol–water partition coefficient (Wildman–Crippen LogP) is 4.37. The fourth-order valence-corrected chi connectivity index (χ4v) is 4.12. The SMILES string of the molecule is Cc1ccc(-c2csc3ncn(CCC(=O)Nc4cccc([N+](=O)[O-])c4)c(=O)c23)cc1. The minimum absolute atomic E-state index is 0.0276. The van der Waals surface area contributed by atoms with Gasteiger partial charge in [0.05, 0.1) is 16.6 Å². The summed E-state index contributed by atoms with van der Waals surface area (Å²) in [4.78, 5) is 40.7. The molecule has 1 N–H and O–H groups in total. The zero-order valence-electron chi connectivity index (χ0n) is 16.6. The van der Waals surface area contributed by atoms with E-state index in [9.17, 15) is 19.7 Å². The summed E-state index contributed by atoms with van der Waals surface area (Å²) in [6.07, 6.45) is 1.47. The molecule has 0 atom stereocenters. The van der Waals surface area contributed by atoms with Crippen molar-refractivity contribution < 1.29 is 9.72 Å². The number of nitrogens with zero attached hydrogens (tertiary/aromatic N) is 3. The molecule has 8 nitrogen and oxygen atoms in total. The fraction of sp³-hybridized carbons (Fsp3) is 0.136. The van der Waals surface area contributed by atoms with Crippen LogP contribution in [0.4, 0.5) is 11.4 Å². The Hall–Kier alpha value is -3.85. The third kappa shape index (κ3) is 4.36. The normalized spacial score (nSPS) is 10.9. The quantitative estimate of drug-likeness (QED) is 0.358. The molecule has 2 aromatic heterocycles. The molecule has 156 valence electrons. The topological polar surface area (TPSA) is 107 Å². The third-order valence-corrected chi connectivity index (χ3v) is 5.73. The highest BCUT2D eigenvalue weighted by atomic mass is 32.1. The van der Waals surface area contributed by atoms with E-state index in [1.165, 1.54) is 40.4 Å². The molecule has 0 bridgehead atoms. The number of nitro groups is 1. The van der Waals surface area contributed by atoms with E-state index in [1.807, 2.05) is 36.6 Å². The predicted molar refractivity (Wildman–Crippen MR) is 120 cm³/mol. The molecule has 4 aromatic rings. The van der Waals surface area contributed by atoms with Crippen molar-refractivity contribution in [2.75, 3.05) is 5.32 Å². The van der Waals surface area contributed by atoms with Crippen LogP contribution in [0.15, 0.2) is 65.0 Å². The molecule has 0 saturated heterocycles. The molecule has 0 fully saturated rings. The smallest absolute Gasteiger partial charge is 0.271 e. The number of amides is 1. The van der Waals surface area contributed by atoms with Crippen molar-refractivity contribution in [1.29, 1.82) is 0 Å². The molecule has 0 radical (unpaired) electrons. The average Bonchev–Trinajstić information content (AvgIpc) is 3.19. The number of aromatic nitrogens is 2. The van der Waals surface area contributed by atoms with Crippen LogP contribution in [0.3, 0.4) is 0 Å². The number of carbonyl (C=O) groups excluding carboxylic acids is 1. The van der Waals surface area contributed by atoms with Crippen LogP contribution in [0.5, 0.6) is 0 Å². The van der Waals surface area contributed by atoms with Crippen molar-refractivity contribution in [2.24, 2.45) is 0 Å². The van der Waals surface area contributed by atoms with Crippen molar-refractivity contribution >= 4 is 38.8 Å². The largest absolute Gasteiger partial charge is 0.326 e. The van der Waals surface area contributed by atoms with Gasteiger partial charge in [-0.25, -0.2) is 4.98 Å². The number of rotatable bonds is 6. The summed E-state index contributed by atoms with van der Waals surface area (Å²) < 4.78 is 1.42. The number of fused-ring (bicyclic) bond motifs is 1. The van der Waals surface area contributed by atoms with Crippen LogP contribution >= 0.6 is 11.3 Å². The van der Waals surface area contributed by atoms with E-state index < -0.39 is 4.92 Å². The minimum atomic E-state index is -0.525. The van der Waals surface area contributed by atoms with Crippen LogP contribution in [0.25, 0.3) is 21.3 Å². The molecule has 0 aliphatic carbocycles. The molecule has 0 saturated carbocycles. The molecule has 1 amide bonds. The third-order valence-electron chi connectivity index (χ3n) is 4.84. The van der Waals surface area contributed by atoms with Crippen LogP contribution < -0.4 is 10.9 Å². The van der Waals surface area contributed by atoms with Crippen LogP contribution in [0.1, 0.15) is 12.0 Å². The Balaban J connectivity index is 1.53. The first kappa shape index (κ1) is 20.4.